The lowest BCUT2D eigenvalue weighted by molar-refractivity contribution is 0.355. The number of aromatic amines is 1. The van der Waals surface area contributed by atoms with Crippen molar-refractivity contribution in [2.75, 3.05) is 14.2 Å². The second-order valence-corrected chi connectivity index (χ2v) is 6.13. The van der Waals surface area contributed by atoms with E-state index in [0.29, 0.717) is 17.1 Å². The van der Waals surface area contributed by atoms with Crippen LogP contribution in [0.25, 0.3) is 33.4 Å². The number of nitrogens with zero attached hydrogens (tertiary/aromatic N) is 2. The van der Waals surface area contributed by atoms with Crippen LogP contribution in [0.15, 0.2) is 54.7 Å². The summed E-state index contributed by atoms with van der Waals surface area (Å²) >= 11 is 0. The molecule has 0 spiro atoms. The Hall–Kier alpha value is -3.34. The fourth-order valence-corrected chi connectivity index (χ4v) is 3.02. The van der Waals surface area contributed by atoms with Gasteiger partial charge in [-0.3, -0.25) is 5.10 Å². The molecular weight excluding hydrogens is 326 g/mol. The van der Waals surface area contributed by atoms with Crippen molar-refractivity contribution in [1.29, 1.82) is 0 Å². The van der Waals surface area contributed by atoms with Gasteiger partial charge >= 0.3 is 0 Å². The number of nitrogens with one attached hydrogen (secondary N) is 1. The molecule has 0 fully saturated rings. The van der Waals surface area contributed by atoms with E-state index in [9.17, 15) is 0 Å². The predicted molar refractivity (Wildman–Crippen MR) is 103 cm³/mol. The lowest BCUT2D eigenvalue weighted by Crippen LogP contribution is -1.91. The van der Waals surface area contributed by atoms with Crippen LogP contribution in [0.5, 0.6) is 11.5 Å². The van der Waals surface area contributed by atoms with Crippen molar-refractivity contribution < 1.29 is 9.47 Å². The number of rotatable bonds is 4. The Morgan fingerprint density at radius 3 is 2.27 bits per heavy atom. The third-order valence-corrected chi connectivity index (χ3v) is 4.47. The van der Waals surface area contributed by atoms with Crippen molar-refractivity contribution in [3.8, 4) is 33.9 Å². The monoisotopic (exact) mass is 345 g/mol. The first-order chi connectivity index (χ1) is 12.7. The standard InChI is InChI=1S/C21H19N3O2/c1-13-4-6-14(7-5-13)16-10-17-20(23-24-21(17)22-12-16)15-8-9-18(25-2)19(11-15)26-3/h4-12H,1-3H3,(H,22,23,24). The van der Waals surface area contributed by atoms with E-state index < -0.39 is 0 Å². The molecule has 0 unspecified atom stereocenters. The lowest BCUT2D eigenvalue weighted by Gasteiger charge is -2.09. The van der Waals surface area contributed by atoms with E-state index in [1.54, 1.807) is 14.2 Å². The molecule has 4 aromatic rings. The van der Waals surface area contributed by atoms with Gasteiger partial charge in [0.2, 0.25) is 0 Å². The van der Waals surface area contributed by atoms with Crippen molar-refractivity contribution >= 4 is 11.0 Å². The number of aryl methyl sites for hydroxylation is 1. The van der Waals surface area contributed by atoms with Crippen molar-refractivity contribution in [1.82, 2.24) is 15.2 Å². The van der Waals surface area contributed by atoms with Gasteiger partial charge < -0.3 is 9.47 Å². The number of hydrogen-bond acceptors (Lipinski definition) is 4. The third kappa shape index (κ3) is 2.77. The van der Waals surface area contributed by atoms with Crippen LogP contribution in [-0.4, -0.2) is 29.4 Å². The summed E-state index contributed by atoms with van der Waals surface area (Å²) in [5, 5.41) is 8.40. The van der Waals surface area contributed by atoms with Crippen LogP contribution < -0.4 is 9.47 Å². The Morgan fingerprint density at radius 1 is 0.808 bits per heavy atom. The molecule has 2 aromatic heterocycles. The molecule has 130 valence electrons. The average molecular weight is 345 g/mol. The Labute approximate surface area is 151 Å². The Balaban J connectivity index is 1.83. The zero-order chi connectivity index (χ0) is 18.1. The van der Waals surface area contributed by atoms with Gasteiger partial charge in [-0.1, -0.05) is 29.8 Å². The molecule has 0 amide bonds. The summed E-state index contributed by atoms with van der Waals surface area (Å²) in [6, 6.07) is 16.3. The summed E-state index contributed by atoms with van der Waals surface area (Å²) in [4.78, 5) is 4.50. The summed E-state index contributed by atoms with van der Waals surface area (Å²) in [5.74, 6) is 1.37. The van der Waals surface area contributed by atoms with Gasteiger partial charge in [-0.05, 0) is 36.8 Å². The molecule has 1 N–H and O–H groups in total. The van der Waals surface area contributed by atoms with Crippen LogP contribution in [0, 0.1) is 6.92 Å². The molecule has 5 heteroatoms. The van der Waals surface area contributed by atoms with Crippen LogP contribution in [0.4, 0.5) is 0 Å². The van der Waals surface area contributed by atoms with Crippen molar-refractivity contribution in [2.45, 2.75) is 6.92 Å². The first kappa shape index (κ1) is 16.1. The summed E-state index contributed by atoms with van der Waals surface area (Å²) in [7, 11) is 3.25. The topological polar surface area (TPSA) is 60.0 Å². The molecule has 2 heterocycles. The van der Waals surface area contributed by atoms with Gasteiger partial charge in [-0.15, -0.1) is 0 Å². The fourth-order valence-electron chi connectivity index (χ4n) is 3.02. The van der Waals surface area contributed by atoms with Gasteiger partial charge in [-0.2, -0.15) is 5.10 Å². The molecular formula is C21H19N3O2. The average Bonchev–Trinajstić information content (AvgIpc) is 3.11. The number of hydrogen-bond donors (Lipinski definition) is 1. The highest BCUT2D eigenvalue weighted by molar-refractivity contribution is 5.93. The number of H-pyrrole nitrogens is 1. The van der Waals surface area contributed by atoms with Crippen molar-refractivity contribution in [2.24, 2.45) is 0 Å². The highest BCUT2D eigenvalue weighted by Gasteiger charge is 2.13. The van der Waals surface area contributed by atoms with E-state index in [-0.39, 0.29) is 0 Å². The van der Waals surface area contributed by atoms with Crippen LogP contribution in [-0.2, 0) is 0 Å². The van der Waals surface area contributed by atoms with E-state index >= 15 is 0 Å². The maximum Gasteiger partial charge on any atom is 0.181 e. The number of methoxy groups -OCH3 is 2. The van der Waals surface area contributed by atoms with E-state index in [4.69, 9.17) is 9.47 Å². The van der Waals surface area contributed by atoms with Gasteiger partial charge in [0.1, 0.15) is 0 Å². The fraction of sp³-hybridized carbons (Fsp3) is 0.143. The summed E-state index contributed by atoms with van der Waals surface area (Å²) in [6.07, 6.45) is 1.85. The van der Waals surface area contributed by atoms with Crippen molar-refractivity contribution in [3.05, 3.63) is 60.3 Å². The quantitative estimate of drug-likeness (QED) is 0.586. The van der Waals surface area contributed by atoms with Gasteiger partial charge in [0, 0.05) is 22.7 Å². The van der Waals surface area contributed by atoms with Crippen LogP contribution in [0.3, 0.4) is 0 Å². The minimum absolute atomic E-state index is 0.676. The third-order valence-electron chi connectivity index (χ3n) is 4.47. The number of fused-ring (bicyclic) bond motifs is 1. The van der Waals surface area contributed by atoms with Gasteiger partial charge in [0.15, 0.2) is 17.1 Å². The molecule has 0 radical (unpaired) electrons. The first-order valence-electron chi connectivity index (χ1n) is 8.33. The van der Waals surface area contributed by atoms with Crippen LogP contribution in [0.1, 0.15) is 5.56 Å². The molecule has 5 nitrogen and oxygen atoms in total. The predicted octanol–water partition coefficient (Wildman–Crippen LogP) is 4.62. The zero-order valence-electron chi connectivity index (χ0n) is 14.9. The zero-order valence-corrected chi connectivity index (χ0v) is 14.9. The van der Waals surface area contributed by atoms with Gasteiger partial charge in [0.05, 0.1) is 19.9 Å². The van der Waals surface area contributed by atoms with E-state index in [0.717, 1.165) is 27.8 Å². The minimum Gasteiger partial charge on any atom is -0.493 e. The Bertz CT molecular complexity index is 1070. The minimum atomic E-state index is 0.676. The molecule has 0 saturated carbocycles. The van der Waals surface area contributed by atoms with Crippen LogP contribution in [0.2, 0.25) is 0 Å². The number of benzene rings is 2. The molecule has 26 heavy (non-hydrogen) atoms. The molecule has 0 aliphatic heterocycles. The molecule has 0 aliphatic carbocycles. The lowest BCUT2D eigenvalue weighted by atomic mass is 10.0. The Morgan fingerprint density at radius 2 is 1.54 bits per heavy atom. The maximum atomic E-state index is 5.42. The highest BCUT2D eigenvalue weighted by Crippen LogP contribution is 2.35. The van der Waals surface area contributed by atoms with Gasteiger partial charge in [-0.25, -0.2) is 4.98 Å². The largest absolute Gasteiger partial charge is 0.493 e. The number of pyridine rings is 1. The molecule has 0 saturated heterocycles. The van der Waals surface area contributed by atoms with E-state index in [1.807, 2.05) is 24.4 Å². The summed E-state index contributed by atoms with van der Waals surface area (Å²) in [6.45, 7) is 2.08. The number of aromatic nitrogens is 3. The second kappa shape index (κ2) is 6.52. The molecule has 0 bridgehead atoms. The van der Waals surface area contributed by atoms with E-state index in [1.165, 1.54) is 5.56 Å². The van der Waals surface area contributed by atoms with Crippen LogP contribution >= 0.6 is 0 Å². The summed E-state index contributed by atoms with van der Waals surface area (Å²) < 4.78 is 10.7. The normalized spacial score (nSPS) is 10.9. The maximum absolute atomic E-state index is 5.42. The SMILES string of the molecule is COc1ccc(-c2[nH]nc3ncc(-c4ccc(C)cc4)cc23)cc1OC. The molecule has 2 aromatic carbocycles. The molecule has 4 rings (SSSR count). The highest BCUT2D eigenvalue weighted by atomic mass is 16.5. The first-order valence-corrected chi connectivity index (χ1v) is 8.33. The van der Waals surface area contributed by atoms with Gasteiger partial charge in [0.25, 0.3) is 0 Å². The van der Waals surface area contributed by atoms with E-state index in [2.05, 4.69) is 52.4 Å². The smallest absolute Gasteiger partial charge is 0.181 e. The molecule has 0 aliphatic rings. The Kier molecular flexibility index (Phi) is 4.05. The summed E-state index contributed by atoms with van der Waals surface area (Å²) in [5.41, 5.74) is 5.98. The number of ether oxygens (including phenoxy) is 2. The van der Waals surface area contributed by atoms with Crippen molar-refractivity contribution in [3.63, 3.8) is 0 Å². The second-order valence-electron chi connectivity index (χ2n) is 6.13. The molecule has 0 atom stereocenters.